The molecule has 1 fully saturated rings. The minimum atomic E-state index is -1.20. The fourth-order valence-electron chi connectivity index (χ4n) is 2.40. The van der Waals surface area contributed by atoms with Crippen molar-refractivity contribution in [2.24, 2.45) is 0 Å². The largest absolute Gasteiger partial charge is 0.481 e. The molecule has 1 rings (SSSR count). The van der Waals surface area contributed by atoms with E-state index in [2.05, 4.69) is 10.6 Å². The third kappa shape index (κ3) is 9.33. The zero-order valence-electron chi connectivity index (χ0n) is 14.7. The predicted molar refractivity (Wildman–Crippen MR) is 101 cm³/mol. The van der Waals surface area contributed by atoms with Gasteiger partial charge in [0, 0.05) is 23.8 Å². The third-order valence-electron chi connectivity index (χ3n) is 3.93. The number of nitrogens with one attached hydrogen (secondary N) is 2. The molecule has 1 saturated heterocycles. The summed E-state index contributed by atoms with van der Waals surface area (Å²) in [4.78, 5) is 45.7. The van der Waals surface area contributed by atoms with Crippen molar-refractivity contribution in [2.45, 2.75) is 69.2 Å². The minimum absolute atomic E-state index is 0.0881. The van der Waals surface area contributed by atoms with Crippen molar-refractivity contribution in [3.63, 3.8) is 0 Å². The number of aliphatic carboxylic acids is 2. The van der Waals surface area contributed by atoms with Gasteiger partial charge in [0.15, 0.2) is 0 Å². The van der Waals surface area contributed by atoms with Crippen LogP contribution in [-0.4, -0.2) is 57.1 Å². The van der Waals surface area contributed by atoms with Gasteiger partial charge >= 0.3 is 11.9 Å². The summed E-state index contributed by atoms with van der Waals surface area (Å²) in [6.45, 7) is 1.30. The summed E-state index contributed by atoms with van der Waals surface area (Å²) >= 11 is 0. The van der Waals surface area contributed by atoms with Crippen molar-refractivity contribution in [1.29, 1.82) is 0 Å². The molecule has 2 amide bonds. The first-order valence-electron chi connectivity index (χ1n) is 8.62. The predicted octanol–water partition coefficient (Wildman–Crippen LogP) is 1.64. The molecular formula is C16H26N2O6S2. The zero-order valence-corrected chi connectivity index (χ0v) is 16.4. The van der Waals surface area contributed by atoms with Crippen LogP contribution in [0.5, 0.6) is 0 Å². The lowest BCUT2D eigenvalue weighted by molar-refractivity contribution is -0.142. The molecule has 0 bridgehead atoms. The van der Waals surface area contributed by atoms with Gasteiger partial charge in [-0.15, -0.1) is 0 Å². The molecule has 26 heavy (non-hydrogen) atoms. The summed E-state index contributed by atoms with van der Waals surface area (Å²) < 4.78 is 0. The normalized spacial score (nSPS) is 18.7. The van der Waals surface area contributed by atoms with Crippen molar-refractivity contribution in [2.75, 3.05) is 5.75 Å². The van der Waals surface area contributed by atoms with Gasteiger partial charge in [0.05, 0.1) is 0 Å². The molecule has 4 N–H and O–H groups in total. The van der Waals surface area contributed by atoms with Crippen molar-refractivity contribution in [1.82, 2.24) is 10.6 Å². The molecule has 0 saturated carbocycles. The first kappa shape index (κ1) is 22.6. The maximum Gasteiger partial charge on any atom is 0.325 e. The number of hydrogen-bond acceptors (Lipinski definition) is 6. The van der Waals surface area contributed by atoms with E-state index < -0.39 is 29.9 Å². The van der Waals surface area contributed by atoms with Gasteiger partial charge < -0.3 is 20.8 Å². The number of rotatable bonds is 12. The molecule has 0 aliphatic carbocycles. The van der Waals surface area contributed by atoms with Crippen LogP contribution < -0.4 is 10.6 Å². The number of carbonyl (C=O) groups is 4. The highest BCUT2D eigenvalue weighted by Crippen LogP contribution is 2.39. The Hall–Kier alpha value is -1.42. The van der Waals surface area contributed by atoms with Gasteiger partial charge in [-0.05, 0) is 32.6 Å². The number of carboxylic acid groups (broad SMARTS) is 2. The van der Waals surface area contributed by atoms with Crippen molar-refractivity contribution >= 4 is 45.3 Å². The minimum Gasteiger partial charge on any atom is -0.481 e. The second kappa shape index (κ2) is 12.1. The molecule has 0 aromatic heterocycles. The van der Waals surface area contributed by atoms with Crippen LogP contribution in [0.2, 0.25) is 0 Å². The van der Waals surface area contributed by atoms with Crippen LogP contribution in [-0.2, 0) is 19.2 Å². The quantitative estimate of drug-likeness (QED) is 0.284. The molecule has 0 unspecified atom stereocenters. The summed E-state index contributed by atoms with van der Waals surface area (Å²) in [6.07, 6.45) is 3.76. The van der Waals surface area contributed by atoms with Gasteiger partial charge in [-0.3, -0.25) is 19.2 Å². The van der Waals surface area contributed by atoms with Crippen LogP contribution in [0.1, 0.15) is 51.9 Å². The summed E-state index contributed by atoms with van der Waals surface area (Å²) in [6, 6.07) is -2.17. The molecule has 3 atom stereocenters. The third-order valence-corrected chi connectivity index (χ3v) is 6.94. The van der Waals surface area contributed by atoms with E-state index in [0.29, 0.717) is 11.7 Å². The number of carboxylic acids is 2. The molecule has 0 aromatic carbocycles. The monoisotopic (exact) mass is 406 g/mol. The van der Waals surface area contributed by atoms with E-state index in [1.807, 2.05) is 21.6 Å². The van der Waals surface area contributed by atoms with Crippen LogP contribution in [0.25, 0.3) is 0 Å². The lowest BCUT2D eigenvalue weighted by atomic mass is 10.1. The SMILES string of the molecule is C[C@H](NC(=O)[C@H](CCC(=O)O)NC(=O)CCCC[C@H]1CCSS1)C(=O)O. The smallest absolute Gasteiger partial charge is 0.325 e. The number of carbonyl (C=O) groups excluding carboxylic acids is 2. The van der Waals surface area contributed by atoms with Crippen LogP contribution in [0.15, 0.2) is 0 Å². The Bertz CT molecular complexity index is 511. The number of unbranched alkanes of at least 4 members (excludes halogenated alkanes) is 1. The molecule has 1 aliphatic rings. The first-order valence-corrected chi connectivity index (χ1v) is 11.0. The van der Waals surface area contributed by atoms with E-state index in [-0.39, 0.29) is 25.2 Å². The van der Waals surface area contributed by atoms with Gasteiger partial charge in [0.25, 0.3) is 0 Å². The Labute approximate surface area is 160 Å². The van der Waals surface area contributed by atoms with E-state index in [9.17, 15) is 19.2 Å². The van der Waals surface area contributed by atoms with Gasteiger partial charge in [-0.1, -0.05) is 28.0 Å². The number of hydrogen-bond donors (Lipinski definition) is 4. The molecule has 0 aromatic rings. The maximum absolute atomic E-state index is 12.1. The molecule has 8 nitrogen and oxygen atoms in total. The summed E-state index contributed by atoms with van der Waals surface area (Å²) in [5.41, 5.74) is 0. The number of amides is 2. The Morgan fingerprint density at radius 2 is 1.85 bits per heavy atom. The van der Waals surface area contributed by atoms with E-state index >= 15 is 0 Å². The molecule has 0 radical (unpaired) electrons. The molecule has 148 valence electrons. The fourth-order valence-corrected chi connectivity index (χ4v) is 5.43. The highest BCUT2D eigenvalue weighted by Gasteiger charge is 2.24. The standard InChI is InChI=1S/C16H26N2O6S2/c1-10(16(23)24)17-15(22)12(6-7-14(20)21)18-13(19)5-3-2-4-11-8-9-25-26-11/h10-12H,2-9H2,1H3,(H,17,22)(H,18,19)(H,20,21)(H,23,24)/t10-,11-,12-/m0/s1. The van der Waals surface area contributed by atoms with E-state index in [1.165, 1.54) is 19.1 Å². The molecule has 1 aliphatic heterocycles. The van der Waals surface area contributed by atoms with Crippen LogP contribution >= 0.6 is 21.6 Å². The highest BCUT2D eigenvalue weighted by atomic mass is 33.1. The summed E-state index contributed by atoms with van der Waals surface area (Å²) in [7, 11) is 3.77. The summed E-state index contributed by atoms with van der Waals surface area (Å²) in [5.74, 6) is -2.13. The second-order valence-corrected chi connectivity index (χ2v) is 8.98. The van der Waals surface area contributed by atoms with Crippen LogP contribution in [0.4, 0.5) is 0 Å². The lowest BCUT2D eigenvalue weighted by Gasteiger charge is -2.19. The van der Waals surface area contributed by atoms with E-state index in [1.54, 1.807) is 0 Å². The Kier molecular flexibility index (Phi) is 10.5. The molecule has 10 heteroatoms. The molecule has 1 heterocycles. The molecule has 0 spiro atoms. The molecular weight excluding hydrogens is 380 g/mol. The maximum atomic E-state index is 12.1. The Morgan fingerprint density at radius 1 is 1.12 bits per heavy atom. The van der Waals surface area contributed by atoms with Crippen LogP contribution in [0.3, 0.4) is 0 Å². The van der Waals surface area contributed by atoms with E-state index in [0.717, 1.165) is 12.8 Å². The lowest BCUT2D eigenvalue weighted by Crippen LogP contribution is -2.50. The Morgan fingerprint density at radius 3 is 2.42 bits per heavy atom. The van der Waals surface area contributed by atoms with E-state index in [4.69, 9.17) is 10.2 Å². The highest BCUT2D eigenvalue weighted by molar-refractivity contribution is 8.77. The van der Waals surface area contributed by atoms with Gasteiger partial charge in [-0.2, -0.15) is 0 Å². The van der Waals surface area contributed by atoms with Gasteiger partial charge in [0.1, 0.15) is 12.1 Å². The topological polar surface area (TPSA) is 133 Å². The van der Waals surface area contributed by atoms with Crippen molar-refractivity contribution in [3.8, 4) is 0 Å². The second-order valence-electron chi connectivity index (χ2n) is 6.20. The summed E-state index contributed by atoms with van der Waals surface area (Å²) in [5, 5.41) is 23.1. The average Bonchev–Trinajstić information content (AvgIpc) is 3.08. The van der Waals surface area contributed by atoms with Gasteiger partial charge in [0.2, 0.25) is 11.8 Å². The Balaban J connectivity index is 2.41. The van der Waals surface area contributed by atoms with Gasteiger partial charge in [-0.25, -0.2) is 0 Å². The van der Waals surface area contributed by atoms with Crippen LogP contribution in [0, 0.1) is 0 Å². The fraction of sp³-hybridized carbons (Fsp3) is 0.750. The van der Waals surface area contributed by atoms with Crippen molar-refractivity contribution < 1.29 is 29.4 Å². The van der Waals surface area contributed by atoms with Crippen molar-refractivity contribution in [3.05, 3.63) is 0 Å². The zero-order chi connectivity index (χ0) is 19.5. The average molecular weight is 407 g/mol. The first-order chi connectivity index (χ1) is 12.3.